The Morgan fingerprint density at radius 3 is 2.52 bits per heavy atom. The zero-order valence-electron chi connectivity index (χ0n) is 17.0. The Bertz CT molecular complexity index is 1040. The van der Waals surface area contributed by atoms with E-state index in [-0.39, 0.29) is 12.5 Å². The van der Waals surface area contributed by atoms with Crippen LogP contribution in [0, 0.1) is 0 Å². The Balaban J connectivity index is 1.34. The lowest BCUT2D eigenvalue weighted by molar-refractivity contribution is -0.131. The number of likely N-dealkylation sites (tertiary alicyclic amines) is 1. The second kappa shape index (κ2) is 9.01. The van der Waals surface area contributed by atoms with Crippen molar-refractivity contribution < 1.29 is 18.7 Å². The van der Waals surface area contributed by atoms with Gasteiger partial charge in [0.25, 0.3) is 11.1 Å². The van der Waals surface area contributed by atoms with Crippen LogP contribution < -0.4 is 9.47 Å². The van der Waals surface area contributed by atoms with E-state index in [0.717, 1.165) is 31.5 Å². The number of piperidine rings is 1. The van der Waals surface area contributed by atoms with Crippen LogP contribution in [-0.2, 0) is 4.79 Å². The molecule has 5 rings (SSSR count). The summed E-state index contributed by atoms with van der Waals surface area (Å²) in [5.41, 5.74) is 0.925. The number of rotatable bonds is 5. The topological polar surface area (TPSA) is 77.7 Å². The third kappa shape index (κ3) is 4.39. The van der Waals surface area contributed by atoms with Crippen LogP contribution in [0.5, 0.6) is 11.5 Å². The van der Waals surface area contributed by atoms with Gasteiger partial charge in [-0.1, -0.05) is 42.5 Å². The van der Waals surface area contributed by atoms with E-state index in [1.807, 2.05) is 59.5 Å². The van der Waals surface area contributed by atoms with Gasteiger partial charge in [-0.2, -0.15) is 0 Å². The number of nitrogens with zero attached hydrogens (tertiary/aromatic N) is 3. The highest BCUT2D eigenvalue weighted by atomic mass is 32.2. The first kappa shape index (κ1) is 19.9. The number of carbonyl (C=O) groups is 1. The molecule has 1 aromatic heterocycles. The van der Waals surface area contributed by atoms with Crippen molar-refractivity contribution in [1.82, 2.24) is 15.1 Å². The third-order valence-electron chi connectivity index (χ3n) is 5.42. The smallest absolute Gasteiger partial charge is 0.277 e. The van der Waals surface area contributed by atoms with Crippen LogP contribution in [0.2, 0.25) is 0 Å². The van der Waals surface area contributed by atoms with E-state index in [4.69, 9.17) is 13.9 Å². The highest BCUT2D eigenvalue weighted by Gasteiger charge is 2.32. The molecule has 2 unspecified atom stereocenters. The molecule has 0 saturated carbocycles. The van der Waals surface area contributed by atoms with Gasteiger partial charge in [-0.15, -0.1) is 10.2 Å². The first-order chi connectivity index (χ1) is 15.3. The van der Waals surface area contributed by atoms with Crippen molar-refractivity contribution in [2.24, 2.45) is 0 Å². The van der Waals surface area contributed by atoms with E-state index in [9.17, 15) is 4.79 Å². The molecule has 2 aromatic carbocycles. The zero-order valence-corrected chi connectivity index (χ0v) is 17.8. The van der Waals surface area contributed by atoms with Crippen molar-refractivity contribution in [3.8, 4) is 11.5 Å². The largest absolute Gasteiger partial charge is 0.485 e. The lowest BCUT2D eigenvalue weighted by Crippen LogP contribution is -2.38. The molecule has 0 aliphatic carbocycles. The molecule has 0 radical (unpaired) electrons. The maximum absolute atomic E-state index is 13.3. The second-order valence-corrected chi connectivity index (χ2v) is 8.62. The number of para-hydroxylation sites is 2. The molecule has 3 heterocycles. The minimum atomic E-state index is -0.482. The van der Waals surface area contributed by atoms with E-state index >= 15 is 0 Å². The van der Waals surface area contributed by atoms with Gasteiger partial charge in [0.1, 0.15) is 11.9 Å². The first-order valence-electron chi connectivity index (χ1n) is 10.5. The Morgan fingerprint density at radius 1 is 0.968 bits per heavy atom. The van der Waals surface area contributed by atoms with E-state index < -0.39 is 11.4 Å². The fraction of sp³-hybridized carbons (Fsp3) is 0.348. The lowest BCUT2D eigenvalue weighted by atomic mass is 10.1. The van der Waals surface area contributed by atoms with Gasteiger partial charge in [-0.25, -0.2) is 0 Å². The average Bonchev–Trinajstić information content (AvgIpc) is 3.32. The fourth-order valence-electron chi connectivity index (χ4n) is 3.81. The first-order valence-corrected chi connectivity index (χ1v) is 11.4. The van der Waals surface area contributed by atoms with Crippen LogP contribution in [0.15, 0.2) is 64.2 Å². The molecule has 8 heteroatoms. The molecule has 1 fully saturated rings. The van der Waals surface area contributed by atoms with Crippen LogP contribution in [-0.4, -0.2) is 40.7 Å². The van der Waals surface area contributed by atoms with E-state index in [1.54, 1.807) is 0 Å². The van der Waals surface area contributed by atoms with Crippen molar-refractivity contribution in [2.75, 3.05) is 19.7 Å². The van der Waals surface area contributed by atoms with Gasteiger partial charge >= 0.3 is 0 Å². The summed E-state index contributed by atoms with van der Waals surface area (Å²) in [6, 6.07) is 17.2. The molecule has 2 aliphatic heterocycles. The number of carbonyl (C=O) groups excluding carboxylic acids is 1. The number of thioether (sulfide) groups is 1. The SMILES string of the molecule is O=C(C(Sc1nnc(C2COc3ccccc3O2)o1)c1ccccc1)N1CCCCC1. The summed E-state index contributed by atoms with van der Waals surface area (Å²) in [7, 11) is 0. The summed E-state index contributed by atoms with van der Waals surface area (Å²) in [6.45, 7) is 1.88. The molecule has 2 aliphatic rings. The standard InChI is InChI=1S/C23H23N3O4S/c27-22(26-13-7-2-8-14-26)20(16-9-3-1-4-10-16)31-23-25-24-21(30-23)19-15-28-17-11-5-6-12-18(17)29-19/h1,3-6,9-12,19-20H,2,7-8,13-15H2. The summed E-state index contributed by atoms with van der Waals surface area (Å²) in [5, 5.41) is 8.25. The number of amides is 1. The van der Waals surface area contributed by atoms with Gasteiger partial charge in [-0.3, -0.25) is 4.79 Å². The van der Waals surface area contributed by atoms with Gasteiger partial charge in [0.15, 0.2) is 11.5 Å². The number of aromatic nitrogens is 2. The Hall–Kier alpha value is -3.00. The molecule has 31 heavy (non-hydrogen) atoms. The molecule has 7 nitrogen and oxygen atoms in total. The molecule has 3 aromatic rings. The quantitative estimate of drug-likeness (QED) is 0.547. The normalized spacial score (nSPS) is 19.1. The molecule has 0 N–H and O–H groups in total. The monoisotopic (exact) mass is 437 g/mol. The Kier molecular flexibility index (Phi) is 5.80. The highest BCUT2D eigenvalue weighted by molar-refractivity contribution is 8.00. The van der Waals surface area contributed by atoms with Crippen LogP contribution in [0.4, 0.5) is 0 Å². The third-order valence-corrected chi connectivity index (χ3v) is 6.50. The van der Waals surface area contributed by atoms with Crippen molar-refractivity contribution in [3.63, 3.8) is 0 Å². The summed E-state index contributed by atoms with van der Waals surface area (Å²) < 4.78 is 17.6. The van der Waals surface area contributed by atoms with Gasteiger partial charge in [0.05, 0.1) is 0 Å². The molecular weight excluding hydrogens is 414 g/mol. The van der Waals surface area contributed by atoms with Crippen molar-refractivity contribution in [2.45, 2.75) is 35.8 Å². The second-order valence-electron chi connectivity index (χ2n) is 7.56. The maximum Gasteiger partial charge on any atom is 0.277 e. The van der Waals surface area contributed by atoms with E-state index in [0.29, 0.717) is 22.6 Å². The Morgan fingerprint density at radius 2 is 1.71 bits per heavy atom. The molecule has 1 amide bonds. The van der Waals surface area contributed by atoms with Crippen molar-refractivity contribution >= 4 is 17.7 Å². The van der Waals surface area contributed by atoms with E-state index in [1.165, 1.54) is 18.2 Å². The number of benzene rings is 2. The molecule has 2 atom stereocenters. The molecule has 0 bridgehead atoms. The van der Waals surface area contributed by atoms with Gasteiger partial charge in [0.2, 0.25) is 12.0 Å². The number of ether oxygens (including phenoxy) is 2. The van der Waals surface area contributed by atoms with Crippen LogP contribution in [0.1, 0.15) is 42.1 Å². The zero-order chi connectivity index (χ0) is 21.0. The molecular formula is C23H23N3O4S. The molecule has 160 valence electrons. The fourth-order valence-corrected chi connectivity index (χ4v) is 4.78. The summed E-state index contributed by atoms with van der Waals surface area (Å²) in [5.74, 6) is 1.77. The summed E-state index contributed by atoms with van der Waals surface area (Å²) in [4.78, 5) is 15.3. The highest BCUT2D eigenvalue weighted by Crippen LogP contribution is 2.39. The molecule has 0 spiro atoms. The van der Waals surface area contributed by atoms with E-state index in [2.05, 4.69) is 10.2 Å². The minimum absolute atomic E-state index is 0.0850. The maximum atomic E-state index is 13.3. The average molecular weight is 438 g/mol. The van der Waals surface area contributed by atoms with Crippen LogP contribution >= 0.6 is 11.8 Å². The summed E-state index contributed by atoms with van der Waals surface area (Å²) >= 11 is 1.29. The number of hydrogen-bond donors (Lipinski definition) is 0. The summed E-state index contributed by atoms with van der Waals surface area (Å²) in [6.07, 6.45) is 2.78. The Labute approximate surface area is 184 Å². The predicted octanol–water partition coefficient (Wildman–Crippen LogP) is 4.43. The van der Waals surface area contributed by atoms with Crippen LogP contribution in [0.3, 0.4) is 0 Å². The molecule has 1 saturated heterocycles. The van der Waals surface area contributed by atoms with Gasteiger partial charge in [-0.05, 0) is 48.7 Å². The number of fused-ring (bicyclic) bond motifs is 1. The minimum Gasteiger partial charge on any atom is -0.485 e. The lowest BCUT2D eigenvalue weighted by Gasteiger charge is -2.30. The van der Waals surface area contributed by atoms with Gasteiger partial charge in [0, 0.05) is 13.1 Å². The van der Waals surface area contributed by atoms with Crippen LogP contribution in [0.25, 0.3) is 0 Å². The van der Waals surface area contributed by atoms with Crippen molar-refractivity contribution in [1.29, 1.82) is 0 Å². The predicted molar refractivity (Wildman–Crippen MR) is 115 cm³/mol. The number of hydrogen-bond acceptors (Lipinski definition) is 7. The van der Waals surface area contributed by atoms with Gasteiger partial charge < -0.3 is 18.8 Å². The van der Waals surface area contributed by atoms with Crippen molar-refractivity contribution in [3.05, 3.63) is 66.1 Å².